The number of aromatic amines is 1. The van der Waals surface area contributed by atoms with E-state index in [0.717, 1.165) is 28.2 Å². The molecular formula is C18H18N2O2. The second-order valence-corrected chi connectivity index (χ2v) is 5.40. The molecule has 0 aliphatic heterocycles. The fourth-order valence-corrected chi connectivity index (χ4v) is 2.45. The highest BCUT2D eigenvalue weighted by atomic mass is 16.5. The first-order valence-corrected chi connectivity index (χ1v) is 7.07. The van der Waals surface area contributed by atoms with Crippen LogP contribution in [0.15, 0.2) is 53.3 Å². The average Bonchev–Trinajstić information content (AvgIpc) is 2.54. The van der Waals surface area contributed by atoms with Crippen LogP contribution >= 0.6 is 0 Å². The molecule has 0 radical (unpaired) electrons. The fourth-order valence-electron chi connectivity index (χ4n) is 2.45. The second-order valence-electron chi connectivity index (χ2n) is 5.40. The Balaban J connectivity index is 2.12. The van der Waals surface area contributed by atoms with Gasteiger partial charge in [-0.15, -0.1) is 0 Å². The number of fused-ring (bicyclic) bond motifs is 1. The van der Waals surface area contributed by atoms with Crippen molar-refractivity contribution < 1.29 is 4.74 Å². The quantitative estimate of drug-likeness (QED) is 0.806. The summed E-state index contributed by atoms with van der Waals surface area (Å²) in [6.07, 6.45) is 0. The van der Waals surface area contributed by atoms with Crippen LogP contribution in [-0.2, 0) is 0 Å². The number of aromatic nitrogens is 1. The molecule has 0 atom stereocenters. The zero-order valence-corrected chi connectivity index (χ0v) is 12.9. The Kier molecular flexibility index (Phi) is 3.59. The van der Waals surface area contributed by atoms with Crippen LogP contribution in [-0.4, -0.2) is 26.2 Å². The predicted molar refractivity (Wildman–Crippen MR) is 90.9 cm³/mol. The lowest BCUT2D eigenvalue weighted by atomic mass is 10.1. The number of H-pyrrole nitrogens is 1. The van der Waals surface area contributed by atoms with Crippen LogP contribution in [0.4, 0.5) is 5.69 Å². The maximum absolute atomic E-state index is 12.3. The molecule has 0 aliphatic rings. The Labute approximate surface area is 129 Å². The lowest BCUT2D eigenvalue weighted by Gasteiger charge is -2.13. The number of nitrogens with zero attached hydrogens (tertiary/aromatic N) is 1. The summed E-state index contributed by atoms with van der Waals surface area (Å²) in [5, 5.41) is 0.662. The first kappa shape index (κ1) is 14.2. The van der Waals surface area contributed by atoms with E-state index in [9.17, 15) is 4.79 Å². The highest BCUT2D eigenvalue weighted by Gasteiger charge is 2.06. The summed E-state index contributed by atoms with van der Waals surface area (Å²) < 4.78 is 5.22. The van der Waals surface area contributed by atoms with E-state index in [-0.39, 0.29) is 5.43 Å². The van der Waals surface area contributed by atoms with Crippen LogP contribution in [0.2, 0.25) is 0 Å². The van der Waals surface area contributed by atoms with E-state index in [0.29, 0.717) is 5.39 Å². The molecule has 0 amide bonds. The van der Waals surface area contributed by atoms with Gasteiger partial charge in [0.15, 0.2) is 5.43 Å². The van der Waals surface area contributed by atoms with Crippen LogP contribution in [0.5, 0.6) is 5.75 Å². The second kappa shape index (κ2) is 5.56. The van der Waals surface area contributed by atoms with E-state index in [1.807, 2.05) is 49.3 Å². The minimum atomic E-state index is 0.00286. The van der Waals surface area contributed by atoms with Crippen LogP contribution in [0.25, 0.3) is 22.2 Å². The number of ether oxygens (including phenoxy) is 1. The minimum Gasteiger partial charge on any atom is -0.497 e. The third kappa shape index (κ3) is 2.55. The van der Waals surface area contributed by atoms with Crippen LogP contribution in [0, 0.1) is 0 Å². The maximum Gasteiger partial charge on any atom is 0.190 e. The van der Waals surface area contributed by atoms with Gasteiger partial charge in [0.2, 0.25) is 0 Å². The molecule has 0 unspecified atom stereocenters. The van der Waals surface area contributed by atoms with Gasteiger partial charge in [0.1, 0.15) is 5.75 Å². The molecule has 4 heteroatoms. The topological polar surface area (TPSA) is 45.3 Å². The molecule has 0 saturated heterocycles. The van der Waals surface area contributed by atoms with Crippen molar-refractivity contribution in [3.8, 4) is 17.0 Å². The van der Waals surface area contributed by atoms with Crippen LogP contribution in [0.1, 0.15) is 0 Å². The number of benzene rings is 2. The number of hydrogen-bond acceptors (Lipinski definition) is 3. The summed E-state index contributed by atoms with van der Waals surface area (Å²) in [6.45, 7) is 0. The molecule has 0 aliphatic carbocycles. The highest BCUT2D eigenvalue weighted by Crippen LogP contribution is 2.23. The number of anilines is 1. The zero-order valence-electron chi connectivity index (χ0n) is 12.9. The smallest absolute Gasteiger partial charge is 0.190 e. The molecule has 3 aromatic rings. The Morgan fingerprint density at radius 1 is 1.00 bits per heavy atom. The molecule has 4 nitrogen and oxygen atoms in total. The van der Waals surface area contributed by atoms with Crippen molar-refractivity contribution in [3.63, 3.8) is 0 Å². The summed E-state index contributed by atoms with van der Waals surface area (Å²) in [4.78, 5) is 17.6. The Morgan fingerprint density at radius 2 is 1.73 bits per heavy atom. The van der Waals surface area contributed by atoms with Gasteiger partial charge in [-0.3, -0.25) is 4.79 Å². The zero-order chi connectivity index (χ0) is 15.7. The van der Waals surface area contributed by atoms with Crippen molar-refractivity contribution in [2.45, 2.75) is 0 Å². The highest BCUT2D eigenvalue weighted by molar-refractivity contribution is 5.82. The van der Waals surface area contributed by atoms with Crippen LogP contribution < -0.4 is 15.1 Å². The lowest BCUT2D eigenvalue weighted by Crippen LogP contribution is -2.08. The standard InChI is InChI=1S/C18H18N2O2/c1-20(2)13-6-4-12(5-7-13)16-11-18(21)15-9-8-14(22-3)10-17(15)19-16/h4-11H,1-3H3,(H,19,21). The fraction of sp³-hybridized carbons (Fsp3) is 0.167. The summed E-state index contributed by atoms with van der Waals surface area (Å²) >= 11 is 0. The number of rotatable bonds is 3. The van der Waals surface area contributed by atoms with Gasteiger partial charge in [0, 0.05) is 43.0 Å². The number of hydrogen-bond donors (Lipinski definition) is 1. The number of pyridine rings is 1. The Morgan fingerprint density at radius 3 is 2.36 bits per heavy atom. The number of methoxy groups -OCH3 is 1. The molecule has 1 aromatic heterocycles. The Hall–Kier alpha value is -2.75. The van der Waals surface area contributed by atoms with Gasteiger partial charge in [-0.05, 0) is 29.8 Å². The van der Waals surface area contributed by atoms with Gasteiger partial charge in [-0.1, -0.05) is 12.1 Å². The largest absolute Gasteiger partial charge is 0.497 e. The molecule has 1 N–H and O–H groups in total. The van der Waals surface area contributed by atoms with E-state index in [1.165, 1.54) is 0 Å². The molecule has 112 valence electrons. The normalized spacial score (nSPS) is 10.7. The van der Waals surface area contributed by atoms with E-state index in [1.54, 1.807) is 25.3 Å². The molecule has 22 heavy (non-hydrogen) atoms. The Bertz CT molecular complexity index is 864. The van der Waals surface area contributed by atoms with Gasteiger partial charge in [0.05, 0.1) is 12.6 Å². The van der Waals surface area contributed by atoms with Gasteiger partial charge in [0.25, 0.3) is 0 Å². The molecule has 0 fully saturated rings. The predicted octanol–water partition coefficient (Wildman–Crippen LogP) is 3.27. The van der Waals surface area contributed by atoms with Crippen molar-refractivity contribution in [1.82, 2.24) is 4.98 Å². The molecule has 0 saturated carbocycles. The summed E-state index contributed by atoms with van der Waals surface area (Å²) in [5.41, 5.74) is 3.68. The first-order chi connectivity index (χ1) is 10.6. The molecule has 1 heterocycles. The van der Waals surface area contributed by atoms with E-state index in [2.05, 4.69) is 4.98 Å². The first-order valence-electron chi connectivity index (χ1n) is 7.07. The molecule has 0 bridgehead atoms. The minimum absolute atomic E-state index is 0.00286. The van der Waals surface area contributed by atoms with Crippen molar-refractivity contribution in [2.75, 3.05) is 26.1 Å². The summed E-state index contributed by atoms with van der Waals surface area (Å²) in [6, 6.07) is 15.1. The summed E-state index contributed by atoms with van der Waals surface area (Å²) in [7, 11) is 5.61. The maximum atomic E-state index is 12.3. The van der Waals surface area contributed by atoms with E-state index in [4.69, 9.17) is 4.74 Å². The lowest BCUT2D eigenvalue weighted by molar-refractivity contribution is 0.415. The number of nitrogens with one attached hydrogen (secondary N) is 1. The average molecular weight is 294 g/mol. The molecule has 2 aromatic carbocycles. The van der Waals surface area contributed by atoms with Crippen molar-refractivity contribution in [2.24, 2.45) is 0 Å². The van der Waals surface area contributed by atoms with Gasteiger partial charge in [-0.25, -0.2) is 0 Å². The van der Waals surface area contributed by atoms with E-state index < -0.39 is 0 Å². The third-order valence-electron chi connectivity index (χ3n) is 3.73. The van der Waals surface area contributed by atoms with E-state index >= 15 is 0 Å². The van der Waals surface area contributed by atoms with Gasteiger partial charge < -0.3 is 14.6 Å². The van der Waals surface area contributed by atoms with Crippen molar-refractivity contribution in [3.05, 3.63) is 58.8 Å². The SMILES string of the molecule is COc1ccc2c(=O)cc(-c3ccc(N(C)C)cc3)[nH]c2c1. The van der Waals surface area contributed by atoms with Crippen molar-refractivity contribution in [1.29, 1.82) is 0 Å². The molecule has 3 rings (SSSR count). The monoisotopic (exact) mass is 294 g/mol. The van der Waals surface area contributed by atoms with Gasteiger partial charge >= 0.3 is 0 Å². The summed E-state index contributed by atoms with van der Waals surface area (Å²) in [5.74, 6) is 0.725. The molecule has 0 spiro atoms. The van der Waals surface area contributed by atoms with Gasteiger partial charge in [-0.2, -0.15) is 0 Å². The third-order valence-corrected chi connectivity index (χ3v) is 3.73. The van der Waals surface area contributed by atoms with Crippen LogP contribution in [0.3, 0.4) is 0 Å². The molecular weight excluding hydrogens is 276 g/mol. The van der Waals surface area contributed by atoms with Crippen molar-refractivity contribution >= 4 is 16.6 Å².